The summed E-state index contributed by atoms with van der Waals surface area (Å²) in [6.45, 7) is 2.06. The molecule has 0 radical (unpaired) electrons. The molecule has 1 fully saturated rings. The van der Waals surface area contributed by atoms with Crippen molar-refractivity contribution in [1.29, 1.82) is 0 Å². The van der Waals surface area contributed by atoms with Crippen LogP contribution in [-0.4, -0.2) is 25.5 Å². The third kappa shape index (κ3) is 4.35. The number of halogens is 3. The van der Waals surface area contributed by atoms with Crippen molar-refractivity contribution >= 4 is 22.5 Å². The number of hydrogen-bond acceptors (Lipinski definition) is 3. The first-order valence-electron chi connectivity index (χ1n) is 10.8. The summed E-state index contributed by atoms with van der Waals surface area (Å²) in [5.74, 6) is -0.115. The number of carbonyl (C=O) groups excluding carboxylic acids is 1. The van der Waals surface area contributed by atoms with E-state index in [4.69, 9.17) is 0 Å². The molecule has 0 spiro atoms. The Morgan fingerprint density at radius 2 is 1.88 bits per heavy atom. The van der Waals surface area contributed by atoms with Gasteiger partial charge < -0.3 is 5.32 Å². The Labute approximate surface area is 188 Å². The van der Waals surface area contributed by atoms with Crippen LogP contribution in [0.25, 0.3) is 10.8 Å². The van der Waals surface area contributed by atoms with E-state index in [1.165, 1.54) is 4.68 Å². The van der Waals surface area contributed by atoms with Crippen LogP contribution in [0, 0.1) is 0 Å². The molecule has 1 amide bonds. The van der Waals surface area contributed by atoms with E-state index >= 15 is 0 Å². The molecular formula is C24H22F3N5O. The number of anilines is 1. The highest BCUT2D eigenvalue weighted by Crippen LogP contribution is 2.43. The summed E-state index contributed by atoms with van der Waals surface area (Å²) in [4.78, 5) is 12.8. The first-order valence-corrected chi connectivity index (χ1v) is 10.8. The van der Waals surface area contributed by atoms with Gasteiger partial charge in [0.15, 0.2) is 11.5 Å². The van der Waals surface area contributed by atoms with Gasteiger partial charge in [-0.3, -0.25) is 14.2 Å². The largest absolute Gasteiger partial charge is 0.435 e. The maximum atomic E-state index is 13.2. The fourth-order valence-corrected chi connectivity index (χ4v) is 4.00. The number of nitrogens with zero attached hydrogens (tertiary/aromatic N) is 4. The van der Waals surface area contributed by atoms with Gasteiger partial charge in [-0.1, -0.05) is 42.5 Å². The van der Waals surface area contributed by atoms with E-state index in [1.807, 2.05) is 36.4 Å². The molecule has 1 unspecified atom stereocenters. The van der Waals surface area contributed by atoms with Crippen LogP contribution in [0.2, 0.25) is 0 Å². The second kappa shape index (κ2) is 8.06. The predicted octanol–water partition coefficient (Wildman–Crippen LogP) is 5.38. The van der Waals surface area contributed by atoms with Crippen LogP contribution in [-0.2, 0) is 17.5 Å². The van der Waals surface area contributed by atoms with Gasteiger partial charge in [-0.15, -0.1) is 0 Å². The minimum absolute atomic E-state index is 0.0174. The summed E-state index contributed by atoms with van der Waals surface area (Å²) in [5.41, 5.74) is 0.572. The van der Waals surface area contributed by atoms with E-state index in [-0.39, 0.29) is 5.92 Å². The van der Waals surface area contributed by atoms with Crippen LogP contribution >= 0.6 is 0 Å². The van der Waals surface area contributed by atoms with E-state index in [0.717, 1.165) is 35.2 Å². The quantitative estimate of drug-likeness (QED) is 0.427. The van der Waals surface area contributed by atoms with E-state index < -0.39 is 23.8 Å². The van der Waals surface area contributed by atoms with Crippen molar-refractivity contribution in [3.8, 4) is 0 Å². The Morgan fingerprint density at radius 1 is 1.12 bits per heavy atom. The number of nitrogens with one attached hydrogen (secondary N) is 1. The van der Waals surface area contributed by atoms with E-state index in [0.29, 0.717) is 18.1 Å². The highest BCUT2D eigenvalue weighted by atomic mass is 19.4. The van der Waals surface area contributed by atoms with Crippen LogP contribution in [0.3, 0.4) is 0 Å². The Kier molecular flexibility index (Phi) is 5.19. The molecule has 0 aliphatic heterocycles. The number of benzene rings is 2. The maximum absolute atomic E-state index is 13.2. The molecule has 33 heavy (non-hydrogen) atoms. The average Bonchev–Trinajstić information content (AvgIpc) is 3.37. The fraction of sp³-hybridized carbons (Fsp3) is 0.292. The van der Waals surface area contributed by atoms with Gasteiger partial charge in [0.1, 0.15) is 6.04 Å². The van der Waals surface area contributed by atoms with Gasteiger partial charge in [0.25, 0.3) is 0 Å². The van der Waals surface area contributed by atoms with E-state index in [9.17, 15) is 18.0 Å². The highest BCUT2D eigenvalue weighted by Gasteiger charge is 2.39. The summed E-state index contributed by atoms with van der Waals surface area (Å²) in [6, 6.07) is 16.0. The molecule has 2 aromatic heterocycles. The molecule has 1 aliphatic carbocycles. The Bertz CT molecular complexity index is 1310. The number of fused-ring (bicyclic) bond motifs is 1. The lowest BCUT2D eigenvalue weighted by Crippen LogP contribution is -2.26. The van der Waals surface area contributed by atoms with Gasteiger partial charge in [-0.2, -0.15) is 23.4 Å². The zero-order valence-electron chi connectivity index (χ0n) is 17.9. The number of alkyl halides is 3. The van der Waals surface area contributed by atoms with Crippen LogP contribution in [0.4, 0.5) is 19.0 Å². The molecule has 4 aromatic rings. The molecule has 0 saturated heterocycles. The number of hydrogen-bond donors (Lipinski definition) is 1. The SMILES string of the molecule is CC(C(=O)Nc1ccn(Cc2cccc3ccccc23)n1)n1nc(C(F)(F)F)cc1C1CC1. The lowest BCUT2D eigenvalue weighted by atomic mass is 10.0. The van der Waals surface area contributed by atoms with Crippen molar-refractivity contribution in [2.24, 2.45) is 0 Å². The number of rotatable bonds is 6. The molecule has 2 aromatic carbocycles. The van der Waals surface area contributed by atoms with Crippen LogP contribution < -0.4 is 5.32 Å². The smallest absolute Gasteiger partial charge is 0.307 e. The number of aromatic nitrogens is 4. The standard InChI is InChI=1S/C24H22F3N5O/c1-15(32-20(17-9-10-17)13-21(29-32)24(25,26)27)23(33)28-22-11-12-31(30-22)14-18-7-4-6-16-5-2-3-8-19(16)18/h2-8,11-13,15,17H,9-10,14H2,1H3,(H,28,30,33). The van der Waals surface area contributed by atoms with Crippen molar-refractivity contribution in [1.82, 2.24) is 19.6 Å². The molecule has 1 saturated carbocycles. The minimum Gasteiger partial charge on any atom is -0.307 e. The van der Waals surface area contributed by atoms with Gasteiger partial charge >= 0.3 is 6.18 Å². The molecule has 1 aliphatic rings. The zero-order valence-corrected chi connectivity index (χ0v) is 17.9. The van der Waals surface area contributed by atoms with Crippen molar-refractivity contribution in [3.05, 3.63) is 77.7 Å². The Morgan fingerprint density at radius 3 is 2.64 bits per heavy atom. The molecule has 6 nitrogen and oxygen atoms in total. The second-order valence-corrected chi connectivity index (χ2v) is 8.37. The normalized spacial score (nSPS) is 15.0. The highest BCUT2D eigenvalue weighted by molar-refractivity contribution is 5.92. The summed E-state index contributed by atoms with van der Waals surface area (Å²) in [6.07, 6.45) is -1.19. The van der Waals surface area contributed by atoms with Gasteiger partial charge in [-0.05, 0) is 42.2 Å². The summed E-state index contributed by atoms with van der Waals surface area (Å²) < 4.78 is 42.4. The van der Waals surface area contributed by atoms with Gasteiger partial charge in [0, 0.05) is 23.9 Å². The summed E-state index contributed by atoms with van der Waals surface area (Å²) >= 11 is 0. The third-order valence-electron chi connectivity index (χ3n) is 5.90. The third-order valence-corrected chi connectivity index (χ3v) is 5.90. The van der Waals surface area contributed by atoms with E-state index in [2.05, 4.69) is 21.6 Å². The number of carbonyl (C=O) groups is 1. The maximum Gasteiger partial charge on any atom is 0.435 e. The molecule has 1 atom stereocenters. The summed E-state index contributed by atoms with van der Waals surface area (Å²) in [7, 11) is 0. The van der Waals surface area contributed by atoms with Gasteiger partial charge in [0.05, 0.1) is 6.54 Å². The average molecular weight is 453 g/mol. The Hall–Kier alpha value is -3.62. The Balaban J connectivity index is 1.32. The molecule has 2 heterocycles. The molecule has 1 N–H and O–H groups in total. The van der Waals surface area contributed by atoms with Gasteiger partial charge in [0.2, 0.25) is 5.91 Å². The zero-order chi connectivity index (χ0) is 23.2. The molecule has 170 valence electrons. The molecule has 9 heteroatoms. The van der Waals surface area contributed by atoms with Gasteiger partial charge in [-0.25, -0.2) is 0 Å². The lowest BCUT2D eigenvalue weighted by molar-refractivity contribution is -0.141. The van der Waals surface area contributed by atoms with Crippen molar-refractivity contribution < 1.29 is 18.0 Å². The molecule has 5 rings (SSSR count). The molecular weight excluding hydrogens is 431 g/mol. The monoisotopic (exact) mass is 453 g/mol. The first-order chi connectivity index (χ1) is 15.8. The predicted molar refractivity (Wildman–Crippen MR) is 118 cm³/mol. The second-order valence-electron chi connectivity index (χ2n) is 8.37. The van der Waals surface area contributed by atoms with Crippen LogP contribution in [0.15, 0.2) is 60.8 Å². The topological polar surface area (TPSA) is 64.7 Å². The summed E-state index contributed by atoms with van der Waals surface area (Å²) in [5, 5.41) is 13.1. The minimum atomic E-state index is -4.55. The first kappa shape index (κ1) is 21.2. The van der Waals surface area contributed by atoms with Crippen LogP contribution in [0.1, 0.15) is 48.7 Å². The van der Waals surface area contributed by atoms with E-state index in [1.54, 1.807) is 23.9 Å². The van der Waals surface area contributed by atoms with Crippen molar-refractivity contribution in [2.75, 3.05) is 5.32 Å². The number of amides is 1. The van der Waals surface area contributed by atoms with Crippen molar-refractivity contribution in [3.63, 3.8) is 0 Å². The molecule has 0 bridgehead atoms. The fourth-order valence-electron chi connectivity index (χ4n) is 4.00. The van der Waals surface area contributed by atoms with Crippen LogP contribution in [0.5, 0.6) is 0 Å². The lowest BCUT2D eigenvalue weighted by Gasteiger charge is -2.15. The van der Waals surface area contributed by atoms with Crippen molar-refractivity contribution in [2.45, 2.75) is 44.4 Å².